The second-order valence-corrected chi connectivity index (χ2v) is 5.95. The number of ketones is 1. The number of H-pyrrole nitrogens is 1. The molecule has 2 N–H and O–H groups in total. The Balaban J connectivity index is 2.26. The molecule has 0 atom stereocenters. The van der Waals surface area contributed by atoms with E-state index in [4.69, 9.17) is 4.74 Å². The van der Waals surface area contributed by atoms with Crippen molar-refractivity contribution in [3.05, 3.63) is 22.5 Å². The molecule has 1 aliphatic heterocycles. The fourth-order valence-corrected chi connectivity index (χ4v) is 2.74. The number of esters is 1. The Morgan fingerprint density at radius 3 is 2.41 bits per heavy atom. The molecule has 1 amide bonds. The van der Waals surface area contributed by atoms with Crippen LogP contribution in [0.1, 0.15) is 46.0 Å². The molecule has 1 aromatic rings. The summed E-state index contributed by atoms with van der Waals surface area (Å²) >= 11 is 0. The van der Waals surface area contributed by atoms with E-state index in [0.29, 0.717) is 17.0 Å². The molecule has 1 fully saturated rings. The molecule has 22 heavy (non-hydrogen) atoms. The third-order valence-corrected chi connectivity index (χ3v) is 3.81. The van der Waals surface area contributed by atoms with Crippen LogP contribution in [0.5, 0.6) is 0 Å². The van der Waals surface area contributed by atoms with Crippen molar-refractivity contribution >= 4 is 17.7 Å². The Hall–Kier alpha value is -2.15. The van der Waals surface area contributed by atoms with Crippen LogP contribution in [0.2, 0.25) is 0 Å². The third-order valence-electron chi connectivity index (χ3n) is 3.81. The van der Waals surface area contributed by atoms with Crippen molar-refractivity contribution < 1.29 is 24.2 Å². The Morgan fingerprint density at radius 2 is 1.95 bits per heavy atom. The number of hydrogen-bond donors (Lipinski definition) is 2. The van der Waals surface area contributed by atoms with Crippen LogP contribution in [-0.4, -0.2) is 58.5 Å². The van der Waals surface area contributed by atoms with Crippen LogP contribution in [0.15, 0.2) is 0 Å². The zero-order chi connectivity index (χ0) is 16.7. The number of carbonyl (C=O) groups is 3. The lowest BCUT2D eigenvalue weighted by Crippen LogP contribution is -2.62. The molecule has 7 nitrogen and oxygen atoms in total. The number of ether oxygens (including phenoxy) is 1. The first-order valence-corrected chi connectivity index (χ1v) is 6.97. The van der Waals surface area contributed by atoms with E-state index in [1.54, 1.807) is 13.8 Å². The number of amides is 1. The van der Waals surface area contributed by atoms with Crippen molar-refractivity contribution in [1.29, 1.82) is 0 Å². The molecule has 1 aliphatic rings. The highest BCUT2D eigenvalue weighted by Gasteiger charge is 2.39. The Kier molecular flexibility index (Phi) is 4.10. The zero-order valence-electron chi connectivity index (χ0n) is 13.1. The lowest BCUT2D eigenvalue weighted by molar-refractivity contribution is -0.151. The summed E-state index contributed by atoms with van der Waals surface area (Å²) in [6.45, 7) is 5.21. The van der Waals surface area contributed by atoms with Gasteiger partial charge in [-0.1, -0.05) is 0 Å². The van der Waals surface area contributed by atoms with Crippen molar-refractivity contribution in [1.82, 2.24) is 9.88 Å². The van der Waals surface area contributed by atoms with E-state index in [2.05, 4.69) is 4.98 Å². The molecule has 0 radical (unpaired) electrons. The van der Waals surface area contributed by atoms with E-state index in [9.17, 15) is 19.5 Å². The Bertz CT molecular complexity index is 637. The molecule has 0 aliphatic carbocycles. The fraction of sp³-hybridized carbons (Fsp3) is 0.533. The molecule has 1 saturated heterocycles. The van der Waals surface area contributed by atoms with Crippen LogP contribution in [0.25, 0.3) is 0 Å². The van der Waals surface area contributed by atoms with Crippen molar-refractivity contribution in [3.63, 3.8) is 0 Å². The average molecular weight is 308 g/mol. The number of aromatic nitrogens is 1. The van der Waals surface area contributed by atoms with Crippen molar-refractivity contribution in [3.8, 4) is 0 Å². The largest absolute Gasteiger partial charge is 0.465 e. The topological polar surface area (TPSA) is 99.7 Å². The molecule has 0 aromatic carbocycles. The van der Waals surface area contributed by atoms with Gasteiger partial charge in [0.1, 0.15) is 0 Å². The fourth-order valence-electron chi connectivity index (χ4n) is 2.74. The van der Waals surface area contributed by atoms with Gasteiger partial charge in [0, 0.05) is 12.6 Å². The van der Waals surface area contributed by atoms with Crippen LogP contribution in [0.4, 0.5) is 0 Å². The number of nitrogens with one attached hydrogen (secondary N) is 1. The summed E-state index contributed by atoms with van der Waals surface area (Å²) in [6.07, 6.45) is -0.0470. The third kappa shape index (κ3) is 2.89. The minimum Gasteiger partial charge on any atom is -0.465 e. The van der Waals surface area contributed by atoms with Crippen LogP contribution in [-0.2, 0) is 16.0 Å². The quantitative estimate of drug-likeness (QED) is 0.621. The summed E-state index contributed by atoms with van der Waals surface area (Å²) in [5.74, 6) is -1.01. The molecule has 1 aromatic heterocycles. The molecule has 0 saturated carbocycles. The maximum absolute atomic E-state index is 12.2. The van der Waals surface area contributed by atoms with Gasteiger partial charge in [-0.05, 0) is 19.4 Å². The number of Topliss-reactive ketones (excluding diaryl/α,β-unsaturated/α-hetero) is 1. The maximum atomic E-state index is 12.2. The normalized spacial score (nSPS) is 16.1. The molecule has 2 heterocycles. The zero-order valence-corrected chi connectivity index (χ0v) is 13.1. The minimum absolute atomic E-state index is 0.0470. The highest BCUT2D eigenvalue weighted by Crippen LogP contribution is 2.24. The molecule has 120 valence electrons. The van der Waals surface area contributed by atoms with Crippen LogP contribution >= 0.6 is 0 Å². The van der Waals surface area contributed by atoms with Gasteiger partial charge in [-0.3, -0.25) is 9.59 Å². The lowest BCUT2D eigenvalue weighted by Gasteiger charge is -2.44. The number of carbonyl (C=O) groups excluding carboxylic acids is 3. The standard InChI is InChI=1S/C15H20N2O5/c1-8-12(14(20)22-4)10(16-13(8)9(2)18)5-11(19)17-6-15(3,21)7-17/h16,21H,5-7H2,1-4H3. The summed E-state index contributed by atoms with van der Waals surface area (Å²) in [4.78, 5) is 40.1. The van der Waals surface area contributed by atoms with Gasteiger partial charge >= 0.3 is 5.97 Å². The van der Waals surface area contributed by atoms with Crippen LogP contribution < -0.4 is 0 Å². The van der Waals surface area contributed by atoms with Gasteiger partial charge in [-0.2, -0.15) is 0 Å². The Labute approximate surface area is 128 Å². The molecular formula is C15H20N2O5. The van der Waals surface area contributed by atoms with Crippen molar-refractivity contribution in [2.75, 3.05) is 20.2 Å². The molecular weight excluding hydrogens is 288 g/mol. The van der Waals surface area contributed by atoms with E-state index in [1.807, 2.05) is 0 Å². The summed E-state index contributed by atoms with van der Waals surface area (Å²) in [6, 6.07) is 0. The maximum Gasteiger partial charge on any atom is 0.339 e. The summed E-state index contributed by atoms with van der Waals surface area (Å²) in [5, 5.41) is 9.68. The number of nitrogens with zero attached hydrogens (tertiary/aromatic N) is 1. The van der Waals surface area contributed by atoms with Gasteiger partial charge in [-0.25, -0.2) is 4.79 Å². The summed E-state index contributed by atoms with van der Waals surface area (Å²) in [5.41, 5.74) is 0.535. The number of aromatic amines is 1. The van der Waals surface area contributed by atoms with Crippen LogP contribution in [0.3, 0.4) is 0 Å². The summed E-state index contributed by atoms with van der Waals surface area (Å²) < 4.78 is 4.73. The second-order valence-electron chi connectivity index (χ2n) is 5.95. The number of likely N-dealkylation sites (tertiary alicyclic amines) is 1. The van der Waals surface area contributed by atoms with E-state index in [0.717, 1.165) is 0 Å². The number of hydrogen-bond acceptors (Lipinski definition) is 5. The molecule has 0 unspecified atom stereocenters. The highest BCUT2D eigenvalue weighted by molar-refractivity contribution is 6.01. The molecule has 0 spiro atoms. The molecule has 2 rings (SSSR count). The van der Waals surface area contributed by atoms with E-state index in [1.165, 1.54) is 18.9 Å². The van der Waals surface area contributed by atoms with Crippen molar-refractivity contribution in [2.24, 2.45) is 0 Å². The highest BCUT2D eigenvalue weighted by atomic mass is 16.5. The molecule has 0 bridgehead atoms. The van der Waals surface area contributed by atoms with Gasteiger partial charge in [0.15, 0.2) is 5.78 Å². The van der Waals surface area contributed by atoms with Gasteiger partial charge in [0.2, 0.25) is 5.91 Å². The predicted molar refractivity (Wildman–Crippen MR) is 77.8 cm³/mol. The first kappa shape index (κ1) is 16.2. The minimum atomic E-state index is -0.850. The van der Waals surface area contributed by atoms with Gasteiger partial charge in [-0.15, -0.1) is 0 Å². The van der Waals surface area contributed by atoms with E-state index in [-0.39, 0.29) is 36.8 Å². The first-order valence-electron chi connectivity index (χ1n) is 6.97. The summed E-state index contributed by atoms with van der Waals surface area (Å²) in [7, 11) is 1.25. The van der Waals surface area contributed by atoms with E-state index >= 15 is 0 Å². The number of β-amino-alcohol motifs (C(OH)–C–C–N with tert-alkyl or cyclic N) is 1. The predicted octanol–water partition coefficient (Wildman–Crippen LogP) is 0.448. The average Bonchev–Trinajstić information content (AvgIpc) is 2.72. The lowest BCUT2D eigenvalue weighted by atomic mass is 9.96. The SMILES string of the molecule is COC(=O)c1c(CC(=O)N2CC(C)(O)C2)[nH]c(C(C)=O)c1C. The first-order chi connectivity index (χ1) is 10.2. The number of methoxy groups -OCH3 is 1. The Morgan fingerprint density at radius 1 is 1.36 bits per heavy atom. The number of rotatable bonds is 4. The smallest absolute Gasteiger partial charge is 0.339 e. The molecule has 7 heteroatoms. The second kappa shape index (κ2) is 5.57. The van der Waals surface area contributed by atoms with E-state index < -0.39 is 11.6 Å². The van der Waals surface area contributed by atoms with Gasteiger partial charge < -0.3 is 19.7 Å². The van der Waals surface area contributed by atoms with Gasteiger partial charge in [0.05, 0.1) is 43.5 Å². The monoisotopic (exact) mass is 308 g/mol. The van der Waals surface area contributed by atoms with Crippen molar-refractivity contribution in [2.45, 2.75) is 32.8 Å². The van der Waals surface area contributed by atoms with Crippen LogP contribution in [0, 0.1) is 6.92 Å². The number of aliphatic hydroxyl groups is 1. The van der Waals surface area contributed by atoms with Gasteiger partial charge in [0.25, 0.3) is 0 Å².